The topological polar surface area (TPSA) is 111 Å². The van der Waals surface area contributed by atoms with Crippen LogP contribution in [0.3, 0.4) is 0 Å². The molecule has 0 N–H and O–H groups in total. The Morgan fingerprint density at radius 3 is 1.16 bits per heavy atom. The van der Waals surface area contributed by atoms with Gasteiger partial charge in [0, 0.05) is 12.8 Å². The lowest BCUT2D eigenvalue weighted by molar-refractivity contribution is -0.870. The van der Waals surface area contributed by atoms with E-state index in [4.69, 9.17) is 18.9 Å². The molecular weight excluding hydrogens is 911 g/mol. The molecule has 0 aliphatic carbocycles. The van der Waals surface area contributed by atoms with Crippen molar-refractivity contribution in [1.82, 2.24) is 0 Å². The first-order valence-electron chi connectivity index (χ1n) is 28.0. The number of carboxylic acids is 1. The van der Waals surface area contributed by atoms with E-state index in [0.29, 0.717) is 23.9 Å². The molecule has 0 aromatic heterocycles. The van der Waals surface area contributed by atoms with Crippen LogP contribution in [-0.4, -0.2) is 82.3 Å². The highest BCUT2D eigenvalue weighted by atomic mass is 16.7. The molecule has 0 saturated carbocycles. The fourth-order valence-electron chi connectivity index (χ4n) is 6.78. The van der Waals surface area contributed by atoms with Crippen molar-refractivity contribution < 1.29 is 42.9 Å². The summed E-state index contributed by atoms with van der Waals surface area (Å²) in [6, 6.07) is 0. The van der Waals surface area contributed by atoms with Gasteiger partial charge in [-0.3, -0.25) is 9.59 Å². The maximum absolute atomic E-state index is 12.8. The van der Waals surface area contributed by atoms with E-state index in [2.05, 4.69) is 160 Å². The molecule has 0 fully saturated rings. The van der Waals surface area contributed by atoms with E-state index in [1.54, 1.807) is 0 Å². The third kappa shape index (κ3) is 54.8. The number of esters is 2. The highest BCUT2D eigenvalue weighted by molar-refractivity contribution is 5.70. The van der Waals surface area contributed by atoms with E-state index in [9.17, 15) is 19.5 Å². The van der Waals surface area contributed by atoms with Gasteiger partial charge in [-0.15, -0.1) is 0 Å². The van der Waals surface area contributed by atoms with E-state index in [1.165, 1.54) is 6.42 Å². The van der Waals surface area contributed by atoms with Gasteiger partial charge in [0.15, 0.2) is 12.4 Å². The number of carbonyl (C=O) groups is 3. The Labute approximate surface area is 445 Å². The first kappa shape index (κ1) is 68.2. The van der Waals surface area contributed by atoms with E-state index in [-0.39, 0.29) is 38.6 Å². The quantitative estimate of drug-likeness (QED) is 0.0195. The van der Waals surface area contributed by atoms with Crippen molar-refractivity contribution in [3.8, 4) is 0 Å². The molecule has 0 radical (unpaired) electrons. The number of carbonyl (C=O) groups excluding carboxylic acids is 3. The van der Waals surface area contributed by atoms with Gasteiger partial charge >= 0.3 is 11.9 Å². The van der Waals surface area contributed by atoms with Crippen LogP contribution in [0.5, 0.6) is 0 Å². The second-order valence-electron chi connectivity index (χ2n) is 19.1. The van der Waals surface area contributed by atoms with Crippen molar-refractivity contribution in [2.45, 2.75) is 193 Å². The Balaban J connectivity index is 4.32. The predicted octanol–water partition coefficient (Wildman–Crippen LogP) is 15.1. The number of rotatable bonds is 49. The largest absolute Gasteiger partial charge is 0.545 e. The van der Waals surface area contributed by atoms with Crippen LogP contribution in [0.25, 0.3) is 0 Å². The van der Waals surface area contributed by atoms with Crippen LogP contribution < -0.4 is 5.11 Å². The number of aliphatic carboxylic acids is 1. The van der Waals surface area contributed by atoms with E-state index in [0.717, 1.165) is 135 Å². The highest BCUT2D eigenvalue weighted by Gasteiger charge is 2.21. The number of hydrogen-bond acceptors (Lipinski definition) is 8. The molecular formula is C64H101NO8. The van der Waals surface area contributed by atoms with Crippen molar-refractivity contribution in [1.29, 1.82) is 0 Å². The van der Waals surface area contributed by atoms with Gasteiger partial charge in [-0.2, -0.15) is 0 Å². The molecule has 0 aromatic carbocycles. The third-order valence-electron chi connectivity index (χ3n) is 11.1. The van der Waals surface area contributed by atoms with Crippen molar-refractivity contribution in [3.63, 3.8) is 0 Å². The molecule has 0 spiro atoms. The maximum atomic E-state index is 12.8. The monoisotopic (exact) mass is 1010 g/mol. The van der Waals surface area contributed by atoms with Gasteiger partial charge in [0.25, 0.3) is 0 Å². The number of nitrogens with zero attached hydrogens (tertiary/aromatic N) is 1. The summed E-state index contributed by atoms with van der Waals surface area (Å²) in [5.41, 5.74) is 0. The Bertz CT molecular complexity index is 1700. The predicted molar refractivity (Wildman–Crippen MR) is 306 cm³/mol. The molecule has 0 aliphatic rings. The van der Waals surface area contributed by atoms with Gasteiger partial charge in [0.2, 0.25) is 0 Å². The zero-order valence-electron chi connectivity index (χ0n) is 46.4. The molecule has 0 rings (SSSR count). The standard InChI is InChI=1S/C64H101NO8/c1-6-8-10-12-14-16-18-20-21-22-23-24-25-26-27-28-29-30-31-32-33-34-35-36-37-38-39-40-41-43-45-47-49-51-53-55-62(67)73-60(59-72-64(63(68)69)70-57-56-65(3,4)5)58-71-61(66)54-52-50-48-46-44-42-19-17-15-13-11-9-7-2/h8,10-11,13-14,16-17,19-21,23-24,26-27,29-30,32-33,35-36,38-39,41,43,60,64H,6-7,9,12,15,18,22,25,28,31,34,37,40,42,44-59H2,1-5H3/b10-8-,13-11-,16-14-,19-17-,21-20-,24-23-,27-26-,30-29-,33-32-,36-35-,39-38-,43-41-. The summed E-state index contributed by atoms with van der Waals surface area (Å²) < 4.78 is 22.6. The van der Waals surface area contributed by atoms with E-state index >= 15 is 0 Å². The van der Waals surface area contributed by atoms with Gasteiger partial charge in [-0.1, -0.05) is 198 Å². The number of allylic oxidation sites excluding steroid dienone is 24. The first-order chi connectivity index (χ1) is 35.6. The van der Waals surface area contributed by atoms with Crippen LogP contribution in [0.2, 0.25) is 0 Å². The molecule has 410 valence electrons. The molecule has 73 heavy (non-hydrogen) atoms. The maximum Gasteiger partial charge on any atom is 0.306 e. The van der Waals surface area contributed by atoms with Crippen LogP contribution in [0.15, 0.2) is 146 Å². The molecule has 0 amide bonds. The lowest BCUT2D eigenvalue weighted by atomic mass is 10.1. The van der Waals surface area contributed by atoms with Gasteiger partial charge in [-0.05, 0) is 116 Å². The fourth-order valence-corrected chi connectivity index (χ4v) is 6.78. The summed E-state index contributed by atoms with van der Waals surface area (Å²) >= 11 is 0. The molecule has 9 heteroatoms. The lowest BCUT2D eigenvalue weighted by Crippen LogP contribution is -2.44. The molecule has 9 nitrogen and oxygen atoms in total. The third-order valence-corrected chi connectivity index (χ3v) is 11.1. The minimum atomic E-state index is -1.64. The summed E-state index contributed by atoms with van der Waals surface area (Å²) in [7, 11) is 5.89. The average Bonchev–Trinajstić information content (AvgIpc) is 3.36. The Morgan fingerprint density at radius 2 is 0.781 bits per heavy atom. The number of quaternary nitrogens is 1. The van der Waals surface area contributed by atoms with E-state index < -0.39 is 24.3 Å². The van der Waals surface area contributed by atoms with Crippen LogP contribution in [0.4, 0.5) is 0 Å². The summed E-state index contributed by atoms with van der Waals surface area (Å²) in [4.78, 5) is 37.1. The van der Waals surface area contributed by atoms with Crippen LogP contribution in [0, 0.1) is 0 Å². The van der Waals surface area contributed by atoms with E-state index in [1.807, 2.05) is 21.1 Å². The number of hydrogen-bond donors (Lipinski definition) is 0. The number of ether oxygens (including phenoxy) is 4. The van der Waals surface area contributed by atoms with Gasteiger partial charge < -0.3 is 33.3 Å². The Morgan fingerprint density at radius 1 is 0.425 bits per heavy atom. The minimum absolute atomic E-state index is 0.131. The van der Waals surface area contributed by atoms with Crippen molar-refractivity contribution in [2.75, 3.05) is 47.5 Å². The van der Waals surface area contributed by atoms with Gasteiger partial charge in [0.1, 0.15) is 13.2 Å². The second kappa shape index (κ2) is 53.5. The second-order valence-corrected chi connectivity index (χ2v) is 19.1. The number of unbranched alkanes of at least 4 members (excludes halogenated alkanes) is 10. The molecule has 0 aliphatic heterocycles. The Hall–Kier alpha value is -4.83. The molecule has 2 unspecified atom stereocenters. The number of likely N-dealkylation sites (N-methyl/N-ethyl adjacent to an activating group) is 1. The summed E-state index contributed by atoms with van der Waals surface area (Å²) in [5.74, 6) is -2.36. The fraction of sp³-hybridized carbons (Fsp3) is 0.578. The number of carboxylic acid groups (broad SMARTS) is 1. The normalized spacial score (nSPS) is 13.9. The summed E-state index contributed by atoms with van der Waals surface area (Å²) in [5, 5.41) is 11.7. The highest BCUT2D eigenvalue weighted by Crippen LogP contribution is 2.12. The smallest absolute Gasteiger partial charge is 0.306 e. The summed E-state index contributed by atoms with van der Waals surface area (Å²) in [6.07, 6.45) is 74.7. The van der Waals surface area contributed by atoms with Crippen molar-refractivity contribution >= 4 is 17.9 Å². The molecule has 2 atom stereocenters. The molecule has 0 saturated heterocycles. The Kier molecular flexibility index (Phi) is 49.9. The van der Waals surface area contributed by atoms with Crippen LogP contribution in [0.1, 0.15) is 181 Å². The molecule has 0 bridgehead atoms. The van der Waals surface area contributed by atoms with Crippen molar-refractivity contribution in [2.24, 2.45) is 0 Å². The van der Waals surface area contributed by atoms with Gasteiger partial charge in [0.05, 0.1) is 40.3 Å². The summed E-state index contributed by atoms with van der Waals surface area (Å²) in [6.45, 7) is 4.48. The molecule has 0 heterocycles. The SMILES string of the molecule is CC/C=C\C/C=C\C/C=C\C/C=C\C/C=C\C/C=C\C/C=C\C/C=C\C/C=C\C/C=C\CCCCCCC(=O)OC(COC(=O)CCCCCCC/C=C\C/C=C\CCC)COC(OCC[N+](C)(C)C)C(=O)[O-]. The van der Waals surface area contributed by atoms with Crippen LogP contribution >= 0.6 is 0 Å². The molecule has 0 aromatic rings. The zero-order chi connectivity index (χ0) is 53.4. The zero-order valence-corrected chi connectivity index (χ0v) is 46.4. The minimum Gasteiger partial charge on any atom is -0.545 e. The van der Waals surface area contributed by atoms with Gasteiger partial charge in [-0.25, -0.2) is 0 Å². The average molecular weight is 1010 g/mol. The lowest BCUT2D eigenvalue weighted by Gasteiger charge is -2.26. The van der Waals surface area contributed by atoms with Crippen molar-refractivity contribution in [3.05, 3.63) is 146 Å². The van der Waals surface area contributed by atoms with Crippen LogP contribution in [-0.2, 0) is 33.3 Å². The first-order valence-corrected chi connectivity index (χ1v) is 28.0.